The van der Waals surface area contributed by atoms with Gasteiger partial charge in [-0.1, -0.05) is 19.9 Å². The number of rotatable bonds is 4. The summed E-state index contributed by atoms with van der Waals surface area (Å²) in [7, 11) is 1.72. The molecule has 3 nitrogen and oxygen atoms in total. The molecular formula is C14H22N2O. The van der Waals surface area contributed by atoms with Crippen molar-refractivity contribution in [3.8, 4) is 5.75 Å². The Kier molecular flexibility index (Phi) is 4.02. The van der Waals surface area contributed by atoms with Crippen LogP contribution < -0.4 is 10.1 Å². The zero-order valence-electron chi connectivity index (χ0n) is 11.0. The summed E-state index contributed by atoms with van der Waals surface area (Å²) in [6, 6.07) is 6.94. The Balaban J connectivity index is 2.31. The van der Waals surface area contributed by atoms with Crippen LogP contribution in [0.1, 0.15) is 31.0 Å². The van der Waals surface area contributed by atoms with E-state index in [2.05, 4.69) is 42.3 Å². The first kappa shape index (κ1) is 12.4. The molecule has 3 heteroatoms. The molecule has 1 aliphatic rings. The molecule has 1 atom stereocenters. The molecule has 1 aliphatic heterocycles. The van der Waals surface area contributed by atoms with Gasteiger partial charge in [-0.15, -0.1) is 0 Å². The van der Waals surface area contributed by atoms with E-state index >= 15 is 0 Å². The Morgan fingerprint density at radius 1 is 1.35 bits per heavy atom. The van der Waals surface area contributed by atoms with Gasteiger partial charge in [0.2, 0.25) is 0 Å². The number of nitrogens with zero attached hydrogens (tertiary/aromatic N) is 1. The number of benzene rings is 1. The minimum Gasteiger partial charge on any atom is -0.497 e. The monoisotopic (exact) mass is 234 g/mol. The summed E-state index contributed by atoms with van der Waals surface area (Å²) < 4.78 is 5.29. The van der Waals surface area contributed by atoms with E-state index in [1.165, 1.54) is 11.1 Å². The smallest absolute Gasteiger partial charge is 0.119 e. The average Bonchev–Trinajstić information content (AvgIpc) is 2.39. The van der Waals surface area contributed by atoms with Gasteiger partial charge in [0.1, 0.15) is 5.75 Å². The maximum Gasteiger partial charge on any atom is 0.119 e. The molecule has 0 fully saturated rings. The van der Waals surface area contributed by atoms with Crippen molar-refractivity contribution in [2.75, 3.05) is 26.7 Å². The zero-order valence-corrected chi connectivity index (χ0v) is 11.0. The molecular weight excluding hydrogens is 212 g/mol. The lowest BCUT2D eigenvalue weighted by Gasteiger charge is -2.35. The van der Waals surface area contributed by atoms with Crippen molar-refractivity contribution in [2.24, 2.45) is 0 Å². The number of methoxy groups -OCH3 is 1. The summed E-state index contributed by atoms with van der Waals surface area (Å²) in [4.78, 5) is 2.50. The highest BCUT2D eigenvalue weighted by Gasteiger charge is 2.24. The van der Waals surface area contributed by atoms with E-state index in [1.54, 1.807) is 7.11 Å². The molecule has 17 heavy (non-hydrogen) atoms. The highest BCUT2D eigenvalue weighted by Crippen LogP contribution is 2.29. The molecule has 0 bridgehead atoms. The van der Waals surface area contributed by atoms with Crippen LogP contribution in [-0.4, -0.2) is 31.6 Å². The molecule has 0 aliphatic carbocycles. The van der Waals surface area contributed by atoms with Crippen LogP contribution in [0.4, 0.5) is 0 Å². The summed E-state index contributed by atoms with van der Waals surface area (Å²) >= 11 is 0. The van der Waals surface area contributed by atoms with Gasteiger partial charge >= 0.3 is 0 Å². The summed E-state index contributed by atoms with van der Waals surface area (Å²) in [5, 5.41) is 3.49. The summed E-state index contributed by atoms with van der Waals surface area (Å²) in [6.07, 6.45) is 0. The number of hydrogen-bond donors (Lipinski definition) is 1. The van der Waals surface area contributed by atoms with Crippen LogP contribution >= 0.6 is 0 Å². The lowest BCUT2D eigenvalue weighted by Crippen LogP contribution is -2.39. The molecule has 2 rings (SSSR count). The van der Waals surface area contributed by atoms with E-state index in [4.69, 9.17) is 4.74 Å². The number of ether oxygens (including phenoxy) is 1. The quantitative estimate of drug-likeness (QED) is 0.864. The first-order valence-corrected chi connectivity index (χ1v) is 6.41. The van der Waals surface area contributed by atoms with Gasteiger partial charge in [-0.25, -0.2) is 0 Å². The molecule has 94 valence electrons. The Labute approximate surface area is 104 Å². The Morgan fingerprint density at radius 3 is 2.76 bits per heavy atom. The largest absolute Gasteiger partial charge is 0.497 e. The van der Waals surface area contributed by atoms with Gasteiger partial charge in [0.25, 0.3) is 0 Å². The lowest BCUT2D eigenvalue weighted by molar-refractivity contribution is 0.204. The Bertz CT molecular complexity index is 374. The van der Waals surface area contributed by atoms with E-state index in [9.17, 15) is 0 Å². The Hall–Kier alpha value is -1.06. The van der Waals surface area contributed by atoms with Gasteiger partial charge in [0.05, 0.1) is 7.11 Å². The van der Waals surface area contributed by atoms with Gasteiger partial charge in [0.15, 0.2) is 0 Å². The van der Waals surface area contributed by atoms with Crippen molar-refractivity contribution in [1.29, 1.82) is 0 Å². The molecule has 0 spiro atoms. The predicted octanol–water partition coefficient (Wildman–Crippen LogP) is 2.18. The van der Waals surface area contributed by atoms with Gasteiger partial charge in [-0.3, -0.25) is 4.90 Å². The van der Waals surface area contributed by atoms with Gasteiger partial charge in [0, 0.05) is 19.1 Å². The summed E-state index contributed by atoms with van der Waals surface area (Å²) in [6.45, 7) is 8.62. The molecule has 0 radical (unpaired) electrons. The normalized spacial score (nSPS) is 19.2. The third-order valence-corrected chi connectivity index (χ3v) is 3.62. The van der Waals surface area contributed by atoms with Crippen molar-refractivity contribution in [3.63, 3.8) is 0 Å². The highest BCUT2D eigenvalue weighted by atomic mass is 16.5. The average molecular weight is 234 g/mol. The fourth-order valence-electron chi connectivity index (χ4n) is 2.63. The maximum atomic E-state index is 5.29. The second-order valence-electron chi connectivity index (χ2n) is 4.43. The number of hydrogen-bond acceptors (Lipinski definition) is 3. The second kappa shape index (κ2) is 5.52. The van der Waals surface area contributed by atoms with Crippen LogP contribution in [0.2, 0.25) is 0 Å². The van der Waals surface area contributed by atoms with Crippen LogP contribution in [-0.2, 0) is 6.54 Å². The third-order valence-electron chi connectivity index (χ3n) is 3.62. The molecule has 1 heterocycles. The molecule has 0 saturated heterocycles. The fourth-order valence-corrected chi connectivity index (χ4v) is 2.63. The van der Waals surface area contributed by atoms with Crippen molar-refractivity contribution >= 4 is 0 Å². The molecule has 1 aromatic carbocycles. The van der Waals surface area contributed by atoms with Crippen LogP contribution in [0.5, 0.6) is 5.75 Å². The highest BCUT2D eigenvalue weighted by molar-refractivity contribution is 5.39. The number of likely N-dealkylation sites (N-methyl/N-ethyl adjacent to an activating group) is 1. The minimum absolute atomic E-state index is 0.500. The van der Waals surface area contributed by atoms with E-state index in [0.717, 1.165) is 31.9 Å². The van der Waals surface area contributed by atoms with Crippen LogP contribution in [0.15, 0.2) is 18.2 Å². The standard InChI is InChI=1S/C14H22N2O/c1-4-16(5-2)14-10-15-9-11-8-12(17-3)6-7-13(11)14/h6-8,14-15H,4-5,9-10H2,1-3H3/t14-/m1/s1. The van der Waals surface area contributed by atoms with Gasteiger partial charge < -0.3 is 10.1 Å². The maximum absolute atomic E-state index is 5.29. The van der Waals surface area contributed by atoms with Crippen molar-refractivity contribution < 1.29 is 4.74 Å². The topological polar surface area (TPSA) is 24.5 Å². The number of nitrogens with one attached hydrogen (secondary N) is 1. The Morgan fingerprint density at radius 2 is 2.12 bits per heavy atom. The SMILES string of the molecule is CCN(CC)[C@@H]1CNCc2cc(OC)ccc21. The molecule has 1 aromatic rings. The molecule has 0 unspecified atom stereocenters. The first-order valence-electron chi connectivity index (χ1n) is 6.41. The molecule has 0 saturated carbocycles. The van der Waals surface area contributed by atoms with Gasteiger partial charge in [-0.2, -0.15) is 0 Å². The van der Waals surface area contributed by atoms with Crippen LogP contribution in [0.3, 0.4) is 0 Å². The number of fused-ring (bicyclic) bond motifs is 1. The van der Waals surface area contributed by atoms with Crippen LogP contribution in [0, 0.1) is 0 Å². The van der Waals surface area contributed by atoms with Crippen molar-refractivity contribution in [3.05, 3.63) is 29.3 Å². The van der Waals surface area contributed by atoms with Crippen molar-refractivity contribution in [2.45, 2.75) is 26.4 Å². The zero-order chi connectivity index (χ0) is 12.3. The predicted molar refractivity (Wildman–Crippen MR) is 70.4 cm³/mol. The third kappa shape index (κ3) is 2.45. The van der Waals surface area contributed by atoms with Crippen molar-refractivity contribution in [1.82, 2.24) is 10.2 Å². The van der Waals surface area contributed by atoms with Crippen LogP contribution in [0.25, 0.3) is 0 Å². The first-order chi connectivity index (χ1) is 8.30. The van der Waals surface area contributed by atoms with E-state index in [1.807, 2.05) is 0 Å². The van der Waals surface area contributed by atoms with E-state index in [0.29, 0.717) is 6.04 Å². The summed E-state index contributed by atoms with van der Waals surface area (Å²) in [5.41, 5.74) is 2.82. The summed E-state index contributed by atoms with van der Waals surface area (Å²) in [5.74, 6) is 0.950. The fraction of sp³-hybridized carbons (Fsp3) is 0.571. The molecule has 0 aromatic heterocycles. The van der Waals surface area contributed by atoms with E-state index < -0.39 is 0 Å². The lowest BCUT2D eigenvalue weighted by atomic mass is 9.95. The molecule has 0 amide bonds. The van der Waals surface area contributed by atoms with Gasteiger partial charge in [-0.05, 0) is 36.3 Å². The minimum atomic E-state index is 0.500. The van der Waals surface area contributed by atoms with E-state index in [-0.39, 0.29) is 0 Å². The second-order valence-corrected chi connectivity index (χ2v) is 4.43. The molecule has 1 N–H and O–H groups in total.